The summed E-state index contributed by atoms with van der Waals surface area (Å²) < 4.78 is 1.88. The van der Waals surface area contributed by atoms with E-state index in [4.69, 9.17) is 15.7 Å². The summed E-state index contributed by atoms with van der Waals surface area (Å²) in [7, 11) is 0. The predicted molar refractivity (Wildman–Crippen MR) is 145 cm³/mol. The van der Waals surface area contributed by atoms with E-state index in [0.29, 0.717) is 18.5 Å². The maximum absolute atomic E-state index is 11.1. The Hall–Kier alpha value is -2.71. The van der Waals surface area contributed by atoms with Crippen LogP contribution in [0.15, 0.2) is 60.8 Å². The molecule has 189 valence electrons. The number of hydrogen-bond donors (Lipinski definition) is 2. The number of anilines is 1. The molecule has 1 saturated carbocycles. The molecule has 7 rings (SSSR count). The number of aliphatic hydroxyl groups is 1. The van der Waals surface area contributed by atoms with Crippen molar-refractivity contribution in [2.75, 3.05) is 25.4 Å². The van der Waals surface area contributed by atoms with Gasteiger partial charge in [-0.15, -0.1) is 23.6 Å². The number of fused-ring (bicyclic) bond motifs is 2. The Morgan fingerprint density at radius 1 is 1.08 bits per heavy atom. The average Bonchev–Trinajstić information content (AvgIpc) is 3.26. The number of aryl methyl sites for hydroxylation is 1. The number of nitrogen functional groups attached to an aromatic ring is 1. The molecule has 0 amide bonds. The van der Waals surface area contributed by atoms with Crippen LogP contribution < -0.4 is 5.73 Å². The van der Waals surface area contributed by atoms with Crippen molar-refractivity contribution in [2.45, 2.75) is 37.7 Å². The van der Waals surface area contributed by atoms with Gasteiger partial charge in [-0.1, -0.05) is 42.0 Å². The predicted octanol–water partition coefficient (Wildman–Crippen LogP) is 4.61. The molecule has 2 fully saturated rings. The molecule has 3 N–H and O–H groups in total. The number of aromatic nitrogens is 4. The van der Waals surface area contributed by atoms with Crippen LogP contribution in [0.2, 0.25) is 0 Å². The molecule has 2 aliphatic rings. The first-order chi connectivity index (χ1) is 18.0. The molecule has 3 aromatic heterocycles. The van der Waals surface area contributed by atoms with E-state index in [-0.39, 0.29) is 38.6 Å². The Morgan fingerprint density at radius 2 is 1.87 bits per heavy atom. The number of nitrogens with zero attached hydrogens (tertiary/aromatic N) is 5. The molecule has 4 heterocycles. The molecule has 0 spiro atoms. The van der Waals surface area contributed by atoms with Crippen LogP contribution in [0.1, 0.15) is 36.6 Å². The number of rotatable bonds is 5. The fraction of sp³-hybridized carbons (Fsp3) is 0.300. The number of likely N-dealkylation sites (tertiary alicyclic amines) is 1. The van der Waals surface area contributed by atoms with Gasteiger partial charge >= 0.3 is 0 Å². The molecule has 0 unspecified atom stereocenters. The van der Waals surface area contributed by atoms with Crippen molar-refractivity contribution in [3.63, 3.8) is 0 Å². The first-order valence-electron chi connectivity index (χ1n) is 12.9. The van der Waals surface area contributed by atoms with Crippen molar-refractivity contribution in [1.29, 1.82) is 0 Å². The van der Waals surface area contributed by atoms with Crippen LogP contribution in [0.3, 0.4) is 0 Å². The van der Waals surface area contributed by atoms with E-state index in [2.05, 4.69) is 41.2 Å². The number of benzene rings is 2. The molecule has 5 aromatic rings. The van der Waals surface area contributed by atoms with Crippen molar-refractivity contribution in [1.82, 2.24) is 24.5 Å². The third-order valence-electron chi connectivity index (χ3n) is 8.03. The fourth-order valence-corrected chi connectivity index (χ4v) is 5.92. The fourth-order valence-electron chi connectivity index (χ4n) is 5.92. The molecular formula is C30H29N6OY-. The second-order valence-electron chi connectivity index (χ2n) is 10.6. The summed E-state index contributed by atoms with van der Waals surface area (Å²) in [6, 6.07) is 21.5. The molecule has 2 aromatic carbocycles. The Kier molecular flexibility index (Phi) is 6.59. The van der Waals surface area contributed by atoms with E-state index >= 15 is 0 Å². The largest absolute Gasteiger partial charge is 0.397 e. The second kappa shape index (κ2) is 9.80. The standard InChI is InChI=1S/C30H29N6O.Y/c1-19-23(10-8-21-9-11-25(33-26(19)21)20-6-3-2-4-7-20)27-28-24(31)12-13-32-36(28)29(34-27)22-16-30(37,17-22)18-35-14-5-15-35;/h2-4,6-8,10-13,22,37H,5,14-18,31H2,1H3;/q-1;. The van der Waals surface area contributed by atoms with E-state index in [9.17, 15) is 5.11 Å². The van der Waals surface area contributed by atoms with Gasteiger partial charge in [0.05, 0.1) is 23.2 Å². The van der Waals surface area contributed by atoms with Crippen molar-refractivity contribution >= 4 is 22.1 Å². The zero-order valence-electron chi connectivity index (χ0n) is 21.4. The van der Waals surface area contributed by atoms with E-state index in [1.54, 1.807) is 6.20 Å². The Labute approximate surface area is 247 Å². The zero-order chi connectivity index (χ0) is 25.1. The van der Waals surface area contributed by atoms with Crippen LogP contribution in [-0.4, -0.2) is 54.8 Å². The number of imidazole rings is 1. The van der Waals surface area contributed by atoms with Crippen LogP contribution in [0, 0.1) is 13.0 Å². The first kappa shape index (κ1) is 25.6. The summed E-state index contributed by atoms with van der Waals surface area (Å²) in [5.74, 6) is 1.00. The normalized spacial score (nSPS) is 21.2. The maximum Gasteiger partial charge on any atom is 0.134 e. The molecule has 0 bridgehead atoms. The SMILES string of the molecule is Cc1c(-c2nc(C3CC(O)(CN4CCC4)C3)n3nccc(N)c23)ccc2[c-]cc(-c3ccccc3)nc12.[Y]. The Bertz CT molecular complexity index is 1640. The number of nitrogens with two attached hydrogens (primary N) is 1. The monoisotopic (exact) mass is 578 g/mol. The van der Waals surface area contributed by atoms with Crippen molar-refractivity contribution in [2.24, 2.45) is 0 Å². The van der Waals surface area contributed by atoms with E-state index in [1.807, 2.05) is 40.9 Å². The summed E-state index contributed by atoms with van der Waals surface area (Å²) in [4.78, 5) is 12.5. The van der Waals surface area contributed by atoms with Gasteiger partial charge < -0.3 is 20.7 Å². The van der Waals surface area contributed by atoms with E-state index in [0.717, 1.165) is 70.0 Å². The molecule has 0 atom stereocenters. The smallest absolute Gasteiger partial charge is 0.134 e. The summed E-state index contributed by atoms with van der Waals surface area (Å²) in [6.07, 6.45) is 4.32. The van der Waals surface area contributed by atoms with Crippen LogP contribution in [0.25, 0.3) is 38.9 Å². The minimum atomic E-state index is -0.649. The second-order valence-corrected chi connectivity index (χ2v) is 10.6. The topological polar surface area (TPSA) is 92.6 Å². The summed E-state index contributed by atoms with van der Waals surface area (Å²) in [5.41, 5.74) is 13.0. The summed E-state index contributed by atoms with van der Waals surface area (Å²) >= 11 is 0. The minimum Gasteiger partial charge on any atom is -0.397 e. The van der Waals surface area contributed by atoms with Gasteiger partial charge in [0.1, 0.15) is 11.3 Å². The Balaban J connectivity index is 0.00000264. The van der Waals surface area contributed by atoms with E-state index < -0.39 is 5.60 Å². The van der Waals surface area contributed by atoms with Crippen molar-refractivity contribution < 1.29 is 37.8 Å². The van der Waals surface area contributed by atoms with Gasteiger partial charge in [0, 0.05) is 45.2 Å². The van der Waals surface area contributed by atoms with Gasteiger partial charge in [-0.05, 0) is 67.7 Å². The maximum atomic E-state index is 11.1. The number of hydrogen-bond acceptors (Lipinski definition) is 6. The van der Waals surface area contributed by atoms with Gasteiger partial charge in [-0.25, -0.2) is 9.50 Å². The quantitative estimate of drug-likeness (QED) is 0.296. The van der Waals surface area contributed by atoms with Crippen molar-refractivity contribution in [3.8, 4) is 22.5 Å². The third kappa shape index (κ3) is 4.26. The van der Waals surface area contributed by atoms with Crippen molar-refractivity contribution in [3.05, 3.63) is 78.2 Å². The van der Waals surface area contributed by atoms with Gasteiger partial charge in [-0.2, -0.15) is 5.10 Å². The molecule has 1 saturated heterocycles. The Morgan fingerprint density at radius 3 is 2.61 bits per heavy atom. The molecule has 8 heteroatoms. The molecule has 1 aliphatic carbocycles. The average molecular weight is 579 g/mol. The third-order valence-corrected chi connectivity index (χ3v) is 8.03. The molecule has 7 nitrogen and oxygen atoms in total. The van der Waals surface area contributed by atoms with Gasteiger partial charge in [0.2, 0.25) is 0 Å². The first-order valence-corrected chi connectivity index (χ1v) is 12.9. The molecule has 1 aliphatic heterocycles. The molecular weight excluding hydrogens is 549 g/mol. The van der Waals surface area contributed by atoms with Crippen LogP contribution in [0.4, 0.5) is 5.69 Å². The molecule has 1 radical (unpaired) electrons. The van der Waals surface area contributed by atoms with Gasteiger partial charge in [-0.3, -0.25) is 0 Å². The van der Waals surface area contributed by atoms with Gasteiger partial charge in [0.15, 0.2) is 0 Å². The van der Waals surface area contributed by atoms with Crippen LogP contribution in [-0.2, 0) is 32.7 Å². The zero-order valence-corrected chi connectivity index (χ0v) is 24.3. The van der Waals surface area contributed by atoms with Crippen LogP contribution in [0.5, 0.6) is 0 Å². The summed E-state index contributed by atoms with van der Waals surface area (Å²) in [6.45, 7) is 4.99. The number of β-amino-alcohol motifs (C(OH)–C–C–N with tert-alkyl or cyclic N) is 1. The van der Waals surface area contributed by atoms with Crippen LogP contribution >= 0.6 is 0 Å². The minimum absolute atomic E-state index is 0. The number of pyridine rings is 1. The summed E-state index contributed by atoms with van der Waals surface area (Å²) in [5, 5.41) is 16.7. The van der Waals surface area contributed by atoms with Gasteiger partial charge in [0.25, 0.3) is 0 Å². The van der Waals surface area contributed by atoms with E-state index in [1.165, 1.54) is 6.42 Å². The molecule has 38 heavy (non-hydrogen) atoms.